The van der Waals surface area contributed by atoms with Gasteiger partial charge in [0.15, 0.2) is 0 Å². The van der Waals surface area contributed by atoms with E-state index < -0.39 is 18.0 Å². The number of aryl methyl sites for hydroxylation is 1. The van der Waals surface area contributed by atoms with Crippen LogP contribution in [-0.2, 0) is 9.53 Å². The molecular formula is C31H25N3O4. The van der Waals surface area contributed by atoms with Crippen LogP contribution in [0.4, 0.5) is 5.69 Å². The van der Waals surface area contributed by atoms with Gasteiger partial charge in [-0.3, -0.25) is 9.78 Å². The molecular weight excluding hydrogens is 478 g/mol. The zero-order valence-electron chi connectivity index (χ0n) is 20.9. The third-order valence-electron chi connectivity index (χ3n) is 6.09. The van der Waals surface area contributed by atoms with Gasteiger partial charge in [0.05, 0.1) is 29.6 Å². The van der Waals surface area contributed by atoms with Gasteiger partial charge < -0.3 is 14.8 Å². The molecule has 1 amide bonds. The van der Waals surface area contributed by atoms with Crippen molar-refractivity contribution in [2.24, 2.45) is 0 Å². The summed E-state index contributed by atoms with van der Waals surface area (Å²) >= 11 is 0. The number of amides is 1. The highest BCUT2D eigenvalue weighted by atomic mass is 16.5. The molecule has 0 saturated carbocycles. The Morgan fingerprint density at radius 2 is 1.61 bits per heavy atom. The van der Waals surface area contributed by atoms with Crippen molar-refractivity contribution in [2.45, 2.75) is 13.0 Å². The van der Waals surface area contributed by atoms with E-state index in [1.807, 2.05) is 55.5 Å². The summed E-state index contributed by atoms with van der Waals surface area (Å²) in [5, 5.41) is 3.50. The van der Waals surface area contributed by atoms with Crippen molar-refractivity contribution < 1.29 is 19.1 Å². The van der Waals surface area contributed by atoms with Crippen molar-refractivity contribution in [3.05, 3.63) is 120 Å². The first-order valence-electron chi connectivity index (χ1n) is 12.0. The van der Waals surface area contributed by atoms with E-state index in [9.17, 15) is 9.59 Å². The summed E-state index contributed by atoms with van der Waals surface area (Å²) in [4.78, 5) is 36.0. The van der Waals surface area contributed by atoms with Gasteiger partial charge in [0.2, 0.25) is 6.10 Å². The van der Waals surface area contributed by atoms with Crippen molar-refractivity contribution in [1.29, 1.82) is 0 Å². The summed E-state index contributed by atoms with van der Waals surface area (Å²) in [6.07, 6.45) is 2.13. The molecule has 1 N–H and O–H groups in total. The number of nitrogens with one attached hydrogen (secondary N) is 1. The van der Waals surface area contributed by atoms with Gasteiger partial charge in [0.1, 0.15) is 5.75 Å². The standard InChI is InChI=1S/C31H25N3O4/c1-20-12-13-28(37-2)27(18-20)34-30(35)29(22-8-4-3-5-9-22)38-31(36)24-19-26(21-14-16-32-17-15-21)33-25-11-7-6-10-23(24)25/h3-19,29H,1-2H3,(H,34,35). The highest BCUT2D eigenvalue weighted by Gasteiger charge is 2.28. The number of fused-ring (bicyclic) bond motifs is 1. The number of ether oxygens (including phenoxy) is 2. The molecule has 0 aliphatic carbocycles. The van der Waals surface area contributed by atoms with E-state index in [-0.39, 0.29) is 0 Å². The lowest BCUT2D eigenvalue weighted by atomic mass is 10.0. The fraction of sp³-hybridized carbons (Fsp3) is 0.0968. The number of carbonyl (C=O) groups excluding carboxylic acids is 2. The smallest absolute Gasteiger partial charge is 0.340 e. The van der Waals surface area contributed by atoms with Gasteiger partial charge in [0, 0.05) is 28.9 Å². The second-order valence-electron chi connectivity index (χ2n) is 8.70. The molecule has 2 aromatic heterocycles. The number of para-hydroxylation sites is 1. The van der Waals surface area contributed by atoms with Gasteiger partial charge in [-0.2, -0.15) is 0 Å². The maximum atomic E-state index is 13.7. The topological polar surface area (TPSA) is 90.4 Å². The minimum Gasteiger partial charge on any atom is -0.495 e. The molecule has 0 radical (unpaired) electrons. The first kappa shape index (κ1) is 24.6. The van der Waals surface area contributed by atoms with Gasteiger partial charge in [-0.05, 0) is 48.9 Å². The fourth-order valence-electron chi connectivity index (χ4n) is 4.20. The SMILES string of the molecule is COc1ccc(C)cc1NC(=O)C(OC(=O)c1cc(-c2ccncc2)nc2ccccc12)c1ccccc1. The first-order chi connectivity index (χ1) is 18.5. The molecule has 188 valence electrons. The Bertz CT molecular complexity index is 1600. The van der Waals surface area contributed by atoms with Crippen molar-refractivity contribution in [1.82, 2.24) is 9.97 Å². The van der Waals surface area contributed by atoms with Gasteiger partial charge >= 0.3 is 5.97 Å². The normalized spacial score (nSPS) is 11.5. The van der Waals surface area contributed by atoms with Crippen LogP contribution >= 0.6 is 0 Å². The van der Waals surface area contributed by atoms with Crippen molar-refractivity contribution in [3.63, 3.8) is 0 Å². The van der Waals surface area contributed by atoms with Gasteiger partial charge in [-0.15, -0.1) is 0 Å². The maximum Gasteiger partial charge on any atom is 0.340 e. The molecule has 0 saturated heterocycles. The Kier molecular flexibility index (Phi) is 7.08. The summed E-state index contributed by atoms with van der Waals surface area (Å²) in [6.45, 7) is 1.92. The molecule has 0 aliphatic heterocycles. The van der Waals surface area contributed by atoms with E-state index >= 15 is 0 Å². The van der Waals surface area contributed by atoms with Crippen LogP contribution < -0.4 is 10.1 Å². The fourth-order valence-corrected chi connectivity index (χ4v) is 4.20. The third-order valence-corrected chi connectivity index (χ3v) is 6.09. The molecule has 5 aromatic rings. The second-order valence-corrected chi connectivity index (χ2v) is 8.70. The number of methoxy groups -OCH3 is 1. The monoisotopic (exact) mass is 503 g/mol. The first-order valence-corrected chi connectivity index (χ1v) is 12.0. The van der Waals surface area contributed by atoms with Crippen molar-refractivity contribution in [2.75, 3.05) is 12.4 Å². The summed E-state index contributed by atoms with van der Waals surface area (Å²) in [5.41, 5.74) is 4.33. The predicted molar refractivity (Wildman–Crippen MR) is 146 cm³/mol. The Morgan fingerprint density at radius 1 is 0.868 bits per heavy atom. The molecule has 7 heteroatoms. The number of carbonyl (C=O) groups is 2. The lowest BCUT2D eigenvalue weighted by Gasteiger charge is -2.20. The molecule has 1 atom stereocenters. The van der Waals surface area contributed by atoms with Crippen LogP contribution in [0.1, 0.15) is 27.6 Å². The average Bonchev–Trinajstić information content (AvgIpc) is 2.96. The Hall–Kier alpha value is -5.04. The molecule has 0 bridgehead atoms. The van der Waals surface area contributed by atoms with Crippen LogP contribution in [0.2, 0.25) is 0 Å². The van der Waals surface area contributed by atoms with Gasteiger partial charge in [-0.1, -0.05) is 54.6 Å². The highest BCUT2D eigenvalue weighted by Crippen LogP contribution is 2.30. The minimum atomic E-state index is -1.20. The quantitative estimate of drug-likeness (QED) is 0.268. The van der Waals surface area contributed by atoms with E-state index in [1.54, 1.807) is 54.9 Å². The van der Waals surface area contributed by atoms with E-state index in [0.717, 1.165) is 11.1 Å². The lowest BCUT2D eigenvalue weighted by Crippen LogP contribution is -2.26. The third kappa shape index (κ3) is 5.22. The van der Waals surface area contributed by atoms with E-state index in [1.165, 1.54) is 7.11 Å². The Balaban J connectivity index is 1.53. The largest absolute Gasteiger partial charge is 0.495 e. The van der Waals surface area contributed by atoms with E-state index in [0.29, 0.717) is 39.2 Å². The van der Waals surface area contributed by atoms with Crippen LogP contribution in [0.15, 0.2) is 103 Å². The Labute approximate surface area is 220 Å². The number of nitrogens with zero attached hydrogens (tertiary/aromatic N) is 2. The number of benzene rings is 3. The molecule has 38 heavy (non-hydrogen) atoms. The Morgan fingerprint density at radius 3 is 2.37 bits per heavy atom. The number of aromatic nitrogens is 2. The van der Waals surface area contributed by atoms with E-state index in [2.05, 4.69) is 10.3 Å². The van der Waals surface area contributed by atoms with Gasteiger partial charge in [-0.25, -0.2) is 9.78 Å². The van der Waals surface area contributed by atoms with Crippen LogP contribution in [-0.4, -0.2) is 29.0 Å². The molecule has 5 rings (SSSR count). The van der Waals surface area contributed by atoms with Crippen molar-refractivity contribution >= 4 is 28.5 Å². The lowest BCUT2D eigenvalue weighted by molar-refractivity contribution is -0.125. The summed E-state index contributed by atoms with van der Waals surface area (Å²) in [7, 11) is 1.53. The summed E-state index contributed by atoms with van der Waals surface area (Å²) < 4.78 is 11.3. The number of pyridine rings is 2. The predicted octanol–water partition coefficient (Wildman–Crippen LogP) is 6.15. The summed E-state index contributed by atoms with van der Waals surface area (Å²) in [6, 6.07) is 27.0. The molecule has 3 aromatic carbocycles. The van der Waals surface area contributed by atoms with Gasteiger partial charge in [0.25, 0.3) is 5.91 Å². The molecule has 0 fully saturated rings. The zero-order chi connectivity index (χ0) is 26.5. The average molecular weight is 504 g/mol. The number of rotatable bonds is 7. The molecule has 7 nitrogen and oxygen atoms in total. The molecule has 0 aliphatic rings. The van der Waals surface area contributed by atoms with E-state index in [4.69, 9.17) is 14.5 Å². The number of hydrogen-bond donors (Lipinski definition) is 1. The van der Waals surface area contributed by atoms with Crippen LogP contribution in [0.5, 0.6) is 5.75 Å². The molecule has 2 heterocycles. The van der Waals surface area contributed by atoms with Crippen LogP contribution in [0.3, 0.4) is 0 Å². The number of esters is 1. The molecule has 1 unspecified atom stereocenters. The summed E-state index contributed by atoms with van der Waals surface area (Å²) in [5.74, 6) is -0.635. The second kappa shape index (κ2) is 10.9. The number of anilines is 1. The van der Waals surface area contributed by atoms with Crippen molar-refractivity contribution in [3.8, 4) is 17.0 Å². The highest BCUT2D eigenvalue weighted by molar-refractivity contribution is 6.06. The number of hydrogen-bond acceptors (Lipinski definition) is 6. The van der Waals surface area contributed by atoms with Crippen LogP contribution in [0.25, 0.3) is 22.2 Å². The molecule has 0 spiro atoms. The minimum absolute atomic E-state index is 0.310. The maximum absolute atomic E-state index is 13.7. The van der Waals surface area contributed by atoms with Crippen LogP contribution in [0, 0.1) is 6.92 Å². The zero-order valence-corrected chi connectivity index (χ0v) is 20.9.